The van der Waals surface area contributed by atoms with Gasteiger partial charge in [0.05, 0.1) is 12.6 Å². The number of rotatable bonds is 4. The molecule has 1 aliphatic heterocycles. The molecule has 19 heavy (non-hydrogen) atoms. The number of nitrogens with zero attached hydrogens (tertiary/aromatic N) is 2. The second-order valence-corrected chi connectivity index (χ2v) is 5.06. The van der Waals surface area contributed by atoms with Crippen molar-refractivity contribution in [3.8, 4) is 0 Å². The number of imidazole rings is 1. The summed E-state index contributed by atoms with van der Waals surface area (Å²) in [6, 6.07) is 7.88. The van der Waals surface area contributed by atoms with Crippen molar-refractivity contribution in [3.05, 3.63) is 53.1 Å². The van der Waals surface area contributed by atoms with Crippen LogP contribution in [0, 0.1) is 0 Å². The summed E-state index contributed by atoms with van der Waals surface area (Å²) in [4.78, 5) is 4.23. The Labute approximate surface area is 117 Å². The molecule has 0 bridgehead atoms. The van der Waals surface area contributed by atoms with Crippen molar-refractivity contribution in [2.24, 2.45) is 0 Å². The van der Waals surface area contributed by atoms with Gasteiger partial charge >= 0.3 is 0 Å². The summed E-state index contributed by atoms with van der Waals surface area (Å²) in [5.74, 6) is 1.00. The molecule has 0 radical (unpaired) electrons. The van der Waals surface area contributed by atoms with Crippen LogP contribution in [0.15, 0.2) is 36.7 Å². The molecule has 0 unspecified atom stereocenters. The van der Waals surface area contributed by atoms with Gasteiger partial charge in [0.2, 0.25) is 0 Å². The third-order valence-electron chi connectivity index (χ3n) is 3.30. The first-order chi connectivity index (χ1) is 9.33. The Balaban J connectivity index is 1.50. The largest absolute Gasteiger partial charge is 0.367 e. The molecule has 0 amide bonds. The Bertz CT molecular complexity index is 555. The van der Waals surface area contributed by atoms with E-state index in [2.05, 4.69) is 14.9 Å². The highest BCUT2D eigenvalue weighted by molar-refractivity contribution is 6.31. The van der Waals surface area contributed by atoms with Crippen LogP contribution in [0.25, 0.3) is 0 Å². The van der Waals surface area contributed by atoms with E-state index in [0.29, 0.717) is 6.61 Å². The SMILES string of the molecule is Clc1ccccc1CNC[C@H]1Cn2ccnc2CO1. The molecule has 1 aromatic heterocycles. The summed E-state index contributed by atoms with van der Waals surface area (Å²) in [6.45, 7) is 3.01. The average molecular weight is 278 g/mol. The molecule has 1 aliphatic rings. The van der Waals surface area contributed by atoms with Gasteiger partial charge in [-0.2, -0.15) is 0 Å². The van der Waals surface area contributed by atoms with E-state index in [-0.39, 0.29) is 6.10 Å². The fourth-order valence-electron chi connectivity index (χ4n) is 2.24. The maximum absolute atomic E-state index is 6.11. The zero-order valence-electron chi connectivity index (χ0n) is 10.6. The van der Waals surface area contributed by atoms with Crippen molar-refractivity contribution in [2.75, 3.05) is 6.54 Å². The van der Waals surface area contributed by atoms with Crippen molar-refractivity contribution >= 4 is 11.6 Å². The predicted octanol–water partition coefficient (Wildman–Crippen LogP) is 2.23. The molecule has 100 valence electrons. The lowest BCUT2D eigenvalue weighted by atomic mass is 10.2. The lowest BCUT2D eigenvalue weighted by molar-refractivity contribution is 0.00278. The fraction of sp³-hybridized carbons (Fsp3) is 0.357. The molecule has 2 aromatic rings. The summed E-state index contributed by atoms with van der Waals surface area (Å²) in [5, 5.41) is 4.19. The van der Waals surface area contributed by atoms with Gasteiger partial charge in [-0.25, -0.2) is 4.98 Å². The minimum atomic E-state index is 0.184. The van der Waals surface area contributed by atoms with E-state index < -0.39 is 0 Å². The van der Waals surface area contributed by atoms with Crippen molar-refractivity contribution in [1.82, 2.24) is 14.9 Å². The van der Waals surface area contributed by atoms with Crippen molar-refractivity contribution in [1.29, 1.82) is 0 Å². The third kappa shape index (κ3) is 2.97. The molecule has 5 heteroatoms. The van der Waals surface area contributed by atoms with Crippen LogP contribution in [0.2, 0.25) is 5.02 Å². The summed E-state index contributed by atoms with van der Waals surface area (Å²) < 4.78 is 7.90. The van der Waals surface area contributed by atoms with Crippen LogP contribution in [0.3, 0.4) is 0 Å². The van der Waals surface area contributed by atoms with Gasteiger partial charge in [0.25, 0.3) is 0 Å². The molecule has 2 heterocycles. The van der Waals surface area contributed by atoms with Gasteiger partial charge in [-0.05, 0) is 11.6 Å². The number of nitrogens with one attached hydrogen (secondary N) is 1. The van der Waals surface area contributed by atoms with Gasteiger partial charge in [0.15, 0.2) is 0 Å². The second-order valence-electron chi connectivity index (χ2n) is 4.65. The number of ether oxygens (including phenoxy) is 1. The molecule has 0 fully saturated rings. The first kappa shape index (κ1) is 12.7. The highest BCUT2D eigenvalue weighted by Gasteiger charge is 2.18. The number of benzene rings is 1. The Morgan fingerprint density at radius 3 is 3.21 bits per heavy atom. The zero-order chi connectivity index (χ0) is 13.1. The van der Waals surface area contributed by atoms with Crippen molar-refractivity contribution in [3.63, 3.8) is 0 Å². The van der Waals surface area contributed by atoms with Gasteiger partial charge in [-0.1, -0.05) is 29.8 Å². The van der Waals surface area contributed by atoms with E-state index in [1.807, 2.05) is 36.7 Å². The van der Waals surface area contributed by atoms with E-state index >= 15 is 0 Å². The Kier molecular flexibility index (Phi) is 3.82. The van der Waals surface area contributed by atoms with E-state index in [4.69, 9.17) is 16.3 Å². The molecule has 0 saturated carbocycles. The van der Waals surface area contributed by atoms with Crippen molar-refractivity contribution in [2.45, 2.75) is 25.8 Å². The van der Waals surface area contributed by atoms with E-state index in [0.717, 1.165) is 36.0 Å². The van der Waals surface area contributed by atoms with Crippen LogP contribution in [-0.4, -0.2) is 22.2 Å². The van der Waals surface area contributed by atoms with E-state index in [1.54, 1.807) is 0 Å². The first-order valence-corrected chi connectivity index (χ1v) is 6.76. The molecule has 1 aromatic carbocycles. The van der Waals surface area contributed by atoms with E-state index in [1.165, 1.54) is 0 Å². The lowest BCUT2D eigenvalue weighted by Crippen LogP contribution is -2.36. The summed E-state index contributed by atoms with van der Waals surface area (Å²) in [6.07, 6.45) is 4.00. The molecular formula is C14H16ClN3O. The number of halogens is 1. The highest BCUT2D eigenvalue weighted by atomic mass is 35.5. The van der Waals surface area contributed by atoms with Gasteiger partial charge in [-0.15, -0.1) is 0 Å². The topological polar surface area (TPSA) is 39.1 Å². The zero-order valence-corrected chi connectivity index (χ0v) is 11.3. The summed E-state index contributed by atoms with van der Waals surface area (Å²) in [7, 11) is 0. The molecule has 1 atom stereocenters. The highest BCUT2D eigenvalue weighted by Crippen LogP contribution is 2.15. The van der Waals surface area contributed by atoms with Gasteiger partial charge in [0, 0.05) is 30.5 Å². The maximum atomic E-state index is 6.11. The minimum absolute atomic E-state index is 0.184. The quantitative estimate of drug-likeness (QED) is 0.931. The fourth-order valence-corrected chi connectivity index (χ4v) is 2.45. The maximum Gasteiger partial charge on any atom is 0.134 e. The molecule has 0 aliphatic carbocycles. The molecular weight excluding hydrogens is 262 g/mol. The van der Waals surface area contributed by atoms with Crippen LogP contribution in [0.5, 0.6) is 0 Å². The first-order valence-electron chi connectivity index (χ1n) is 6.38. The second kappa shape index (κ2) is 5.74. The smallest absolute Gasteiger partial charge is 0.134 e. The molecule has 3 rings (SSSR count). The standard InChI is InChI=1S/C14H16ClN3O/c15-13-4-2-1-3-11(13)7-16-8-12-9-18-6-5-17-14(18)10-19-12/h1-6,12,16H,7-10H2/t12-/m0/s1. The number of hydrogen-bond donors (Lipinski definition) is 1. The number of fused-ring (bicyclic) bond motifs is 1. The molecule has 4 nitrogen and oxygen atoms in total. The number of aromatic nitrogens is 2. The van der Waals surface area contributed by atoms with Gasteiger partial charge < -0.3 is 14.6 Å². The normalized spacial score (nSPS) is 18.3. The van der Waals surface area contributed by atoms with Crippen LogP contribution in [-0.2, 0) is 24.4 Å². The molecule has 0 saturated heterocycles. The average Bonchev–Trinajstić information content (AvgIpc) is 2.88. The Morgan fingerprint density at radius 2 is 2.32 bits per heavy atom. The lowest BCUT2D eigenvalue weighted by Gasteiger charge is -2.24. The third-order valence-corrected chi connectivity index (χ3v) is 3.66. The predicted molar refractivity (Wildman–Crippen MR) is 74.0 cm³/mol. The Morgan fingerprint density at radius 1 is 1.42 bits per heavy atom. The van der Waals surface area contributed by atoms with Crippen LogP contribution in [0.4, 0.5) is 0 Å². The Hall–Kier alpha value is -1.36. The monoisotopic (exact) mass is 277 g/mol. The van der Waals surface area contributed by atoms with E-state index in [9.17, 15) is 0 Å². The van der Waals surface area contributed by atoms with Gasteiger partial charge in [0.1, 0.15) is 12.4 Å². The number of hydrogen-bond acceptors (Lipinski definition) is 3. The van der Waals surface area contributed by atoms with Crippen LogP contribution in [0.1, 0.15) is 11.4 Å². The van der Waals surface area contributed by atoms with Gasteiger partial charge in [-0.3, -0.25) is 0 Å². The molecule has 0 spiro atoms. The van der Waals surface area contributed by atoms with Crippen molar-refractivity contribution < 1.29 is 4.74 Å². The van der Waals surface area contributed by atoms with Crippen LogP contribution >= 0.6 is 11.6 Å². The summed E-state index contributed by atoms with van der Waals surface area (Å²) in [5.41, 5.74) is 1.11. The molecule has 1 N–H and O–H groups in total. The summed E-state index contributed by atoms with van der Waals surface area (Å²) >= 11 is 6.11. The van der Waals surface area contributed by atoms with Crippen LogP contribution < -0.4 is 5.32 Å². The minimum Gasteiger partial charge on any atom is -0.367 e.